The SMILES string of the molecule is c1ccc2c(NCC3CCCO3)nc(Nc3ccc4c(c3)OCCO4)nc2c1. The highest BCUT2D eigenvalue weighted by molar-refractivity contribution is 5.90. The number of hydrogen-bond donors (Lipinski definition) is 2. The van der Waals surface area contributed by atoms with E-state index in [9.17, 15) is 0 Å². The molecule has 1 atom stereocenters. The van der Waals surface area contributed by atoms with Gasteiger partial charge in [0.1, 0.15) is 19.0 Å². The lowest BCUT2D eigenvalue weighted by atomic mass is 10.2. The largest absolute Gasteiger partial charge is 0.486 e. The van der Waals surface area contributed by atoms with E-state index in [1.807, 2.05) is 42.5 Å². The molecule has 3 aromatic rings. The molecule has 1 fully saturated rings. The number of benzene rings is 2. The van der Waals surface area contributed by atoms with Gasteiger partial charge in [-0.15, -0.1) is 0 Å². The highest BCUT2D eigenvalue weighted by Gasteiger charge is 2.17. The number of ether oxygens (including phenoxy) is 3. The van der Waals surface area contributed by atoms with Gasteiger partial charge in [0.05, 0.1) is 11.6 Å². The maximum absolute atomic E-state index is 5.72. The summed E-state index contributed by atoms with van der Waals surface area (Å²) >= 11 is 0. The Labute approximate surface area is 163 Å². The van der Waals surface area contributed by atoms with Crippen LogP contribution in [-0.4, -0.2) is 42.4 Å². The molecule has 0 amide bonds. The summed E-state index contributed by atoms with van der Waals surface area (Å²) in [5.74, 6) is 2.83. The molecule has 1 unspecified atom stereocenters. The normalized spacial score (nSPS) is 18.2. The van der Waals surface area contributed by atoms with E-state index in [1.54, 1.807) is 0 Å². The first-order chi connectivity index (χ1) is 13.8. The molecule has 5 rings (SSSR count). The van der Waals surface area contributed by atoms with E-state index in [0.717, 1.165) is 59.9 Å². The van der Waals surface area contributed by atoms with E-state index in [2.05, 4.69) is 15.6 Å². The van der Waals surface area contributed by atoms with Crippen LogP contribution in [0, 0.1) is 0 Å². The second kappa shape index (κ2) is 7.52. The Morgan fingerprint density at radius 1 is 0.964 bits per heavy atom. The Kier molecular flexibility index (Phi) is 4.58. The Hall–Kier alpha value is -3.06. The van der Waals surface area contributed by atoms with Gasteiger partial charge in [0.25, 0.3) is 0 Å². The van der Waals surface area contributed by atoms with Gasteiger partial charge in [-0.2, -0.15) is 4.98 Å². The first kappa shape index (κ1) is 17.1. The third kappa shape index (κ3) is 3.53. The van der Waals surface area contributed by atoms with Crippen molar-refractivity contribution in [2.45, 2.75) is 18.9 Å². The summed E-state index contributed by atoms with van der Waals surface area (Å²) in [4.78, 5) is 9.37. The van der Waals surface area contributed by atoms with Crippen molar-refractivity contribution in [3.05, 3.63) is 42.5 Å². The fourth-order valence-corrected chi connectivity index (χ4v) is 3.53. The summed E-state index contributed by atoms with van der Waals surface area (Å²) in [6.45, 7) is 2.71. The van der Waals surface area contributed by atoms with Crippen LogP contribution in [0.2, 0.25) is 0 Å². The maximum atomic E-state index is 5.72. The van der Waals surface area contributed by atoms with E-state index in [1.165, 1.54) is 0 Å². The van der Waals surface area contributed by atoms with E-state index >= 15 is 0 Å². The first-order valence-electron chi connectivity index (χ1n) is 9.64. The molecule has 0 radical (unpaired) electrons. The molecular formula is C21H22N4O3. The zero-order valence-corrected chi connectivity index (χ0v) is 15.5. The predicted molar refractivity (Wildman–Crippen MR) is 108 cm³/mol. The predicted octanol–water partition coefficient (Wildman–Crippen LogP) is 3.74. The van der Waals surface area contributed by atoms with Crippen molar-refractivity contribution >= 4 is 28.4 Å². The van der Waals surface area contributed by atoms with E-state index in [0.29, 0.717) is 19.2 Å². The van der Waals surface area contributed by atoms with E-state index in [4.69, 9.17) is 19.2 Å². The molecule has 2 aromatic carbocycles. The lowest BCUT2D eigenvalue weighted by Gasteiger charge is -2.19. The van der Waals surface area contributed by atoms with Gasteiger partial charge in [0.2, 0.25) is 5.95 Å². The van der Waals surface area contributed by atoms with Crippen molar-refractivity contribution in [2.24, 2.45) is 0 Å². The monoisotopic (exact) mass is 378 g/mol. The molecule has 7 nitrogen and oxygen atoms in total. The lowest BCUT2D eigenvalue weighted by Crippen LogP contribution is -2.19. The second-order valence-corrected chi connectivity index (χ2v) is 6.91. The number of nitrogens with one attached hydrogen (secondary N) is 2. The summed E-state index contributed by atoms with van der Waals surface area (Å²) in [6, 6.07) is 13.7. The van der Waals surface area contributed by atoms with Crippen molar-refractivity contribution in [3.63, 3.8) is 0 Å². The van der Waals surface area contributed by atoms with E-state index in [-0.39, 0.29) is 6.10 Å². The second-order valence-electron chi connectivity index (χ2n) is 6.91. The molecule has 28 heavy (non-hydrogen) atoms. The molecule has 0 spiro atoms. The maximum Gasteiger partial charge on any atom is 0.229 e. The lowest BCUT2D eigenvalue weighted by molar-refractivity contribution is 0.120. The molecule has 2 N–H and O–H groups in total. The Morgan fingerprint density at radius 2 is 1.86 bits per heavy atom. The molecule has 144 valence electrons. The molecule has 1 saturated heterocycles. The van der Waals surface area contributed by atoms with Gasteiger partial charge in [-0.25, -0.2) is 4.98 Å². The van der Waals surface area contributed by atoms with Crippen LogP contribution >= 0.6 is 0 Å². The van der Waals surface area contributed by atoms with Crippen molar-refractivity contribution in [2.75, 3.05) is 37.0 Å². The smallest absolute Gasteiger partial charge is 0.229 e. The summed E-state index contributed by atoms with van der Waals surface area (Å²) in [6.07, 6.45) is 2.44. The fraction of sp³-hybridized carbons (Fsp3) is 0.333. The minimum atomic E-state index is 0.239. The van der Waals surface area contributed by atoms with Gasteiger partial charge in [0.15, 0.2) is 11.5 Å². The van der Waals surface area contributed by atoms with Gasteiger partial charge in [-0.3, -0.25) is 0 Å². The van der Waals surface area contributed by atoms with Crippen LogP contribution in [0.25, 0.3) is 10.9 Å². The zero-order valence-electron chi connectivity index (χ0n) is 15.5. The zero-order chi connectivity index (χ0) is 18.8. The van der Waals surface area contributed by atoms with Crippen molar-refractivity contribution in [1.82, 2.24) is 9.97 Å². The third-order valence-electron chi connectivity index (χ3n) is 4.92. The summed E-state index contributed by atoms with van der Waals surface area (Å²) in [5.41, 5.74) is 1.73. The Bertz CT molecular complexity index is 989. The van der Waals surface area contributed by atoms with Crippen LogP contribution in [0.5, 0.6) is 11.5 Å². The molecule has 3 heterocycles. The number of hydrogen-bond acceptors (Lipinski definition) is 7. The quantitative estimate of drug-likeness (QED) is 0.700. The van der Waals surface area contributed by atoms with Gasteiger partial charge in [-0.1, -0.05) is 12.1 Å². The van der Waals surface area contributed by atoms with Crippen molar-refractivity contribution in [1.29, 1.82) is 0 Å². The minimum absolute atomic E-state index is 0.239. The number of aromatic nitrogens is 2. The summed E-state index contributed by atoms with van der Waals surface area (Å²) in [5, 5.41) is 7.72. The average Bonchev–Trinajstić information content (AvgIpc) is 3.25. The molecule has 7 heteroatoms. The summed E-state index contributed by atoms with van der Waals surface area (Å²) < 4.78 is 17.0. The molecule has 0 saturated carbocycles. The van der Waals surface area contributed by atoms with Crippen LogP contribution in [0.1, 0.15) is 12.8 Å². The number of fused-ring (bicyclic) bond motifs is 2. The number of anilines is 3. The van der Waals surface area contributed by atoms with Crippen molar-refractivity contribution in [3.8, 4) is 11.5 Å². The van der Waals surface area contributed by atoms with Crippen LogP contribution in [-0.2, 0) is 4.74 Å². The van der Waals surface area contributed by atoms with Gasteiger partial charge in [0, 0.05) is 30.3 Å². The minimum Gasteiger partial charge on any atom is -0.486 e. The first-order valence-corrected chi connectivity index (χ1v) is 9.64. The summed E-state index contributed by atoms with van der Waals surface area (Å²) in [7, 11) is 0. The highest BCUT2D eigenvalue weighted by atomic mass is 16.6. The molecule has 1 aromatic heterocycles. The third-order valence-corrected chi connectivity index (χ3v) is 4.92. The molecular weight excluding hydrogens is 356 g/mol. The van der Waals surface area contributed by atoms with Gasteiger partial charge in [-0.05, 0) is 37.1 Å². The topological polar surface area (TPSA) is 77.5 Å². The van der Waals surface area contributed by atoms with Crippen molar-refractivity contribution < 1.29 is 14.2 Å². The molecule has 0 bridgehead atoms. The Morgan fingerprint density at radius 3 is 2.75 bits per heavy atom. The average molecular weight is 378 g/mol. The number of rotatable bonds is 5. The fourth-order valence-electron chi connectivity index (χ4n) is 3.53. The van der Waals surface area contributed by atoms with Gasteiger partial charge < -0.3 is 24.8 Å². The Balaban J connectivity index is 1.42. The molecule has 0 aliphatic carbocycles. The van der Waals surface area contributed by atoms with Gasteiger partial charge >= 0.3 is 0 Å². The van der Waals surface area contributed by atoms with Crippen LogP contribution in [0.3, 0.4) is 0 Å². The molecule has 2 aliphatic rings. The van der Waals surface area contributed by atoms with Crippen LogP contribution in [0.4, 0.5) is 17.5 Å². The standard InChI is InChI=1S/C21H22N4O3/c1-2-6-17-16(5-1)20(22-13-15-4-3-9-26-15)25-21(24-17)23-14-7-8-18-19(12-14)28-11-10-27-18/h1-2,5-8,12,15H,3-4,9-11,13H2,(H2,22,23,24,25). The van der Waals surface area contributed by atoms with E-state index < -0.39 is 0 Å². The van der Waals surface area contributed by atoms with Crippen LogP contribution in [0.15, 0.2) is 42.5 Å². The highest BCUT2D eigenvalue weighted by Crippen LogP contribution is 2.33. The van der Waals surface area contributed by atoms with Crippen LogP contribution < -0.4 is 20.1 Å². The number of para-hydroxylation sites is 1. The number of nitrogens with zero attached hydrogens (tertiary/aromatic N) is 2. The molecule has 2 aliphatic heterocycles.